The van der Waals surface area contributed by atoms with E-state index in [1.54, 1.807) is 0 Å². The fraction of sp³-hybridized carbons (Fsp3) is 0.652. The lowest BCUT2D eigenvalue weighted by atomic mass is 10.1. The number of nitrogens with one attached hydrogen (secondary N) is 1. The number of rotatable bonds is 8. The van der Waals surface area contributed by atoms with Crippen LogP contribution in [-0.2, 0) is 11.2 Å². The molecule has 1 N–H and O–H groups in total. The number of unbranched alkanes of at least 4 members (excludes halogenated alkanes) is 3. The van der Waals surface area contributed by atoms with Crippen molar-refractivity contribution in [1.29, 1.82) is 5.26 Å². The number of nitrogens with zero attached hydrogens (tertiary/aromatic N) is 2. The summed E-state index contributed by atoms with van der Waals surface area (Å²) < 4.78 is 11.1. The summed E-state index contributed by atoms with van der Waals surface area (Å²) in [6, 6.07) is 8.11. The molecule has 1 unspecified atom stereocenters. The van der Waals surface area contributed by atoms with Crippen LogP contribution in [0.2, 0.25) is 0 Å². The molecule has 0 saturated carbocycles. The fourth-order valence-corrected chi connectivity index (χ4v) is 3.51. The van der Waals surface area contributed by atoms with E-state index in [0.29, 0.717) is 26.1 Å². The minimum absolute atomic E-state index is 0.0733. The van der Waals surface area contributed by atoms with E-state index in [-0.39, 0.29) is 11.9 Å². The number of ether oxygens (including phenoxy) is 2. The van der Waals surface area contributed by atoms with Crippen molar-refractivity contribution in [2.45, 2.75) is 64.3 Å². The number of likely N-dealkylation sites (tertiary alicyclic amines) is 1. The number of amides is 1. The third-order valence-corrected chi connectivity index (χ3v) is 5.08. The average Bonchev–Trinajstić information content (AvgIpc) is 3.19. The summed E-state index contributed by atoms with van der Waals surface area (Å²) in [6.45, 7) is 5.81. The minimum atomic E-state index is 0.0733. The highest BCUT2D eigenvalue weighted by atomic mass is 16.6. The SMILES string of the molecule is CC(Cc1ccc2c(c1)OCCO2)NC(=O)CCCCCC#N.CN1CCCC1. The summed E-state index contributed by atoms with van der Waals surface area (Å²) in [5.74, 6) is 1.64. The molecule has 160 valence electrons. The van der Waals surface area contributed by atoms with E-state index in [9.17, 15) is 4.79 Å². The van der Waals surface area contributed by atoms with Crippen molar-refractivity contribution in [3.05, 3.63) is 23.8 Å². The van der Waals surface area contributed by atoms with E-state index in [2.05, 4.69) is 23.3 Å². The van der Waals surface area contributed by atoms with Gasteiger partial charge >= 0.3 is 0 Å². The van der Waals surface area contributed by atoms with E-state index in [0.717, 1.165) is 42.7 Å². The van der Waals surface area contributed by atoms with Crippen molar-refractivity contribution < 1.29 is 14.3 Å². The quantitative estimate of drug-likeness (QED) is 0.673. The molecule has 6 heteroatoms. The monoisotopic (exact) mass is 401 g/mol. The molecule has 1 aromatic rings. The Morgan fingerprint density at radius 3 is 2.55 bits per heavy atom. The van der Waals surface area contributed by atoms with Crippen LogP contribution in [0.5, 0.6) is 11.5 Å². The van der Waals surface area contributed by atoms with Gasteiger partial charge in [0, 0.05) is 18.9 Å². The lowest BCUT2D eigenvalue weighted by molar-refractivity contribution is -0.121. The van der Waals surface area contributed by atoms with E-state index >= 15 is 0 Å². The van der Waals surface area contributed by atoms with Gasteiger partial charge in [0.15, 0.2) is 11.5 Å². The van der Waals surface area contributed by atoms with Gasteiger partial charge in [-0.2, -0.15) is 5.26 Å². The molecule has 29 heavy (non-hydrogen) atoms. The number of hydrogen-bond donors (Lipinski definition) is 1. The van der Waals surface area contributed by atoms with Crippen molar-refractivity contribution in [2.24, 2.45) is 0 Å². The molecule has 0 aromatic heterocycles. The highest BCUT2D eigenvalue weighted by Crippen LogP contribution is 2.31. The van der Waals surface area contributed by atoms with Gasteiger partial charge in [-0.3, -0.25) is 4.79 Å². The third kappa shape index (κ3) is 9.19. The van der Waals surface area contributed by atoms with Gasteiger partial charge in [-0.25, -0.2) is 0 Å². The largest absolute Gasteiger partial charge is 0.486 e. The number of hydrogen-bond acceptors (Lipinski definition) is 5. The van der Waals surface area contributed by atoms with Crippen LogP contribution in [0.25, 0.3) is 0 Å². The molecule has 0 bridgehead atoms. The van der Waals surface area contributed by atoms with Crippen LogP contribution in [0.4, 0.5) is 0 Å². The number of carbonyl (C=O) groups is 1. The van der Waals surface area contributed by atoms with Crippen molar-refractivity contribution in [2.75, 3.05) is 33.4 Å². The Hall–Kier alpha value is -2.26. The summed E-state index contributed by atoms with van der Waals surface area (Å²) in [5, 5.41) is 11.5. The molecule has 1 aromatic carbocycles. The molecule has 1 fully saturated rings. The lowest BCUT2D eigenvalue weighted by Gasteiger charge is -2.20. The number of nitriles is 1. The van der Waals surface area contributed by atoms with Gasteiger partial charge in [-0.1, -0.05) is 12.5 Å². The Bertz CT molecular complexity index is 666. The molecule has 6 nitrogen and oxygen atoms in total. The van der Waals surface area contributed by atoms with Crippen LogP contribution in [-0.4, -0.2) is 50.2 Å². The molecule has 1 atom stereocenters. The van der Waals surface area contributed by atoms with E-state index in [1.165, 1.54) is 25.9 Å². The zero-order valence-corrected chi connectivity index (χ0v) is 17.9. The maximum atomic E-state index is 11.9. The Morgan fingerprint density at radius 2 is 1.90 bits per heavy atom. The van der Waals surface area contributed by atoms with Crippen LogP contribution in [0.1, 0.15) is 57.4 Å². The molecule has 1 amide bonds. The van der Waals surface area contributed by atoms with Crippen LogP contribution in [0.15, 0.2) is 18.2 Å². The Labute approximate surface area is 175 Å². The average molecular weight is 402 g/mol. The standard InChI is InChI=1S/C18H24N2O3.C5H11N/c1-14(20-18(21)6-4-2-3-5-9-19)12-15-7-8-16-17(13-15)23-11-10-22-16;1-6-4-2-3-5-6/h7-8,13-14H,2-6,10-12H2,1H3,(H,20,21);2-5H2,1H3. The second-order valence-electron chi connectivity index (χ2n) is 7.88. The second kappa shape index (κ2) is 13.1. The first kappa shape index (κ1) is 23.0. The van der Waals surface area contributed by atoms with Gasteiger partial charge in [0.1, 0.15) is 13.2 Å². The predicted molar refractivity (Wildman–Crippen MR) is 114 cm³/mol. The van der Waals surface area contributed by atoms with E-state index < -0.39 is 0 Å². The maximum absolute atomic E-state index is 11.9. The first-order valence-corrected chi connectivity index (χ1v) is 10.8. The Kier molecular flexibility index (Phi) is 10.4. The maximum Gasteiger partial charge on any atom is 0.220 e. The van der Waals surface area contributed by atoms with Crippen molar-refractivity contribution in [3.63, 3.8) is 0 Å². The normalized spacial score (nSPS) is 16.3. The van der Waals surface area contributed by atoms with Gasteiger partial charge in [-0.05, 0) is 76.9 Å². The van der Waals surface area contributed by atoms with Crippen LogP contribution in [0, 0.1) is 11.3 Å². The Balaban J connectivity index is 0.000000426. The van der Waals surface area contributed by atoms with E-state index in [4.69, 9.17) is 14.7 Å². The highest BCUT2D eigenvalue weighted by molar-refractivity contribution is 5.76. The summed E-state index contributed by atoms with van der Waals surface area (Å²) >= 11 is 0. The van der Waals surface area contributed by atoms with Gasteiger partial charge in [-0.15, -0.1) is 0 Å². The molecule has 0 radical (unpaired) electrons. The van der Waals surface area contributed by atoms with Gasteiger partial charge in [0.25, 0.3) is 0 Å². The van der Waals surface area contributed by atoms with Gasteiger partial charge in [0.2, 0.25) is 5.91 Å². The molecule has 0 aliphatic carbocycles. The third-order valence-electron chi connectivity index (χ3n) is 5.08. The zero-order valence-electron chi connectivity index (χ0n) is 17.9. The topological polar surface area (TPSA) is 74.6 Å². The molecule has 2 heterocycles. The second-order valence-corrected chi connectivity index (χ2v) is 7.88. The zero-order chi connectivity index (χ0) is 20.9. The first-order chi connectivity index (χ1) is 14.1. The highest BCUT2D eigenvalue weighted by Gasteiger charge is 2.14. The lowest BCUT2D eigenvalue weighted by Crippen LogP contribution is -2.33. The summed E-state index contributed by atoms with van der Waals surface area (Å²) in [5.41, 5.74) is 1.12. The van der Waals surface area contributed by atoms with Crippen molar-refractivity contribution >= 4 is 5.91 Å². The van der Waals surface area contributed by atoms with Crippen LogP contribution >= 0.6 is 0 Å². The number of benzene rings is 1. The van der Waals surface area contributed by atoms with Crippen LogP contribution in [0.3, 0.4) is 0 Å². The molecule has 2 aliphatic heterocycles. The van der Waals surface area contributed by atoms with E-state index in [1.807, 2.05) is 25.1 Å². The molecule has 3 rings (SSSR count). The first-order valence-electron chi connectivity index (χ1n) is 10.8. The molecular weight excluding hydrogens is 366 g/mol. The molecular formula is C23H35N3O3. The van der Waals surface area contributed by atoms with Crippen molar-refractivity contribution in [1.82, 2.24) is 10.2 Å². The van der Waals surface area contributed by atoms with Crippen molar-refractivity contribution in [3.8, 4) is 17.6 Å². The summed E-state index contributed by atoms with van der Waals surface area (Å²) in [6.07, 6.45) is 7.32. The van der Waals surface area contributed by atoms with Crippen LogP contribution < -0.4 is 14.8 Å². The molecule has 1 saturated heterocycles. The minimum Gasteiger partial charge on any atom is -0.486 e. The number of fused-ring (bicyclic) bond motifs is 1. The van der Waals surface area contributed by atoms with Gasteiger partial charge in [0.05, 0.1) is 6.07 Å². The predicted octanol–water partition coefficient (Wildman–Crippen LogP) is 3.69. The molecule has 0 spiro atoms. The Morgan fingerprint density at radius 1 is 1.17 bits per heavy atom. The fourth-order valence-electron chi connectivity index (χ4n) is 3.51. The summed E-state index contributed by atoms with van der Waals surface area (Å²) in [4.78, 5) is 14.2. The smallest absolute Gasteiger partial charge is 0.220 e. The molecule has 2 aliphatic rings. The summed E-state index contributed by atoms with van der Waals surface area (Å²) in [7, 11) is 2.17. The van der Waals surface area contributed by atoms with Gasteiger partial charge < -0.3 is 19.7 Å². The number of carbonyl (C=O) groups excluding carboxylic acids is 1.